The van der Waals surface area contributed by atoms with Crippen LogP contribution in [-0.4, -0.2) is 23.3 Å². The molecule has 5 nitrogen and oxygen atoms in total. The van der Waals surface area contributed by atoms with Crippen LogP contribution < -0.4 is 4.90 Å². The Kier molecular flexibility index (Phi) is 2.76. The number of nitriles is 2. The summed E-state index contributed by atoms with van der Waals surface area (Å²) in [7, 11) is 0. The van der Waals surface area contributed by atoms with Crippen molar-refractivity contribution in [3.8, 4) is 23.6 Å². The predicted molar refractivity (Wildman–Crippen MR) is 60.6 cm³/mol. The maximum absolute atomic E-state index is 9.65. The number of anilines is 1. The first-order chi connectivity index (χ1) is 8.19. The number of phenols is 2. The zero-order chi connectivity index (χ0) is 12.4. The molecule has 1 heterocycles. The van der Waals surface area contributed by atoms with Crippen LogP contribution in [0.3, 0.4) is 0 Å². The van der Waals surface area contributed by atoms with Crippen LogP contribution in [0.4, 0.5) is 5.69 Å². The number of hydrogen-bond acceptors (Lipinski definition) is 5. The summed E-state index contributed by atoms with van der Waals surface area (Å²) in [5.74, 6) is -0.880. The first-order valence-electron chi connectivity index (χ1n) is 5.33. The number of hydrogen-bond donors (Lipinski definition) is 2. The lowest BCUT2D eigenvalue weighted by atomic mass is 10.1. The molecule has 1 aromatic rings. The largest absolute Gasteiger partial charge is 0.504 e. The fourth-order valence-electron chi connectivity index (χ4n) is 2.11. The highest BCUT2D eigenvalue weighted by atomic mass is 16.3. The van der Waals surface area contributed by atoms with Gasteiger partial charge in [-0.1, -0.05) is 0 Å². The SMILES string of the molecule is N#Cc1cc(O)c(O)c(C#N)c1N1CCCC1. The smallest absolute Gasteiger partial charge is 0.177 e. The maximum Gasteiger partial charge on any atom is 0.177 e. The Balaban J connectivity index is 2.67. The summed E-state index contributed by atoms with van der Waals surface area (Å²) in [4.78, 5) is 1.90. The summed E-state index contributed by atoms with van der Waals surface area (Å²) in [5, 5.41) is 37.2. The zero-order valence-electron chi connectivity index (χ0n) is 9.14. The topological polar surface area (TPSA) is 91.3 Å². The minimum absolute atomic E-state index is 0.0246. The van der Waals surface area contributed by atoms with Crippen molar-refractivity contribution in [3.63, 3.8) is 0 Å². The Morgan fingerprint density at radius 1 is 1.12 bits per heavy atom. The van der Waals surface area contributed by atoms with Gasteiger partial charge >= 0.3 is 0 Å². The van der Waals surface area contributed by atoms with Gasteiger partial charge in [0.05, 0.1) is 11.3 Å². The van der Waals surface area contributed by atoms with Gasteiger partial charge in [0.15, 0.2) is 11.5 Å². The number of aromatic hydroxyl groups is 2. The monoisotopic (exact) mass is 229 g/mol. The van der Waals surface area contributed by atoms with Gasteiger partial charge in [-0.2, -0.15) is 10.5 Å². The van der Waals surface area contributed by atoms with Crippen LogP contribution in [-0.2, 0) is 0 Å². The molecule has 86 valence electrons. The summed E-state index contributed by atoms with van der Waals surface area (Å²) in [6, 6.07) is 5.00. The van der Waals surface area contributed by atoms with E-state index in [9.17, 15) is 10.2 Å². The van der Waals surface area contributed by atoms with Crippen molar-refractivity contribution in [2.45, 2.75) is 12.8 Å². The highest BCUT2D eigenvalue weighted by Crippen LogP contribution is 2.39. The average molecular weight is 229 g/mol. The van der Waals surface area contributed by atoms with Gasteiger partial charge in [-0.05, 0) is 12.8 Å². The van der Waals surface area contributed by atoms with E-state index in [1.807, 2.05) is 17.0 Å². The van der Waals surface area contributed by atoms with E-state index in [1.54, 1.807) is 0 Å². The third kappa shape index (κ3) is 1.72. The van der Waals surface area contributed by atoms with Gasteiger partial charge in [-0.15, -0.1) is 0 Å². The van der Waals surface area contributed by atoms with Crippen molar-refractivity contribution in [1.82, 2.24) is 0 Å². The van der Waals surface area contributed by atoms with E-state index in [0.29, 0.717) is 5.69 Å². The van der Waals surface area contributed by atoms with Crippen molar-refractivity contribution in [2.24, 2.45) is 0 Å². The molecule has 0 atom stereocenters. The summed E-state index contributed by atoms with van der Waals surface area (Å²) >= 11 is 0. The molecule has 1 aliphatic heterocycles. The lowest BCUT2D eigenvalue weighted by Crippen LogP contribution is -2.20. The lowest BCUT2D eigenvalue weighted by Gasteiger charge is -2.21. The van der Waals surface area contributed by atoms with Crippen molar-refractivity contribution in [3.05, 3.63) is 17.2 Å². The lowest BCUT2D eigenvalue weighted by molar-refractivity contribution is 0.402. The first-order valence-corrected chi connectivity index (χ1v) is 5.33. The van der Waals surface area contributed by atoms with E-state index < -0.39 is 11.5 Å². The average Bonchev–Trinajstić information content (AvgIpc) is 2.85. The van der Waals surface area contributed by atoms with Gasteiger partial charge in [0.1, 0.15) is 17.7 Å². The molecule has 5 heteroatoms. The van der Waals surface area contributed by atoms with Crippen LogP contribution in [0.1, 0.15) is 24.0 Å². The molecule has 0 saturated carbocycles. The highest BCUT2D eigenvalue weighted by Gasteiger charge is 2.24. The molecule has 0 radical (unpaired) electrons. The van der Waals surface area contributed by atoms with Gasteiger partial charge in [0.2, 0.25) is 0 Å². The normalized spacial score (nSPS) is 14.4. The van der Waals surface area contributed by atoms with Crippen molar-refractivity contribution in [1.29, 1.82) is 10.5 Å². The van der Waals surface area contributed by atoms with E-state index in [0.717, 1.165) is 25.9 Å². The van der Waals surface area contributed by atoms with E-state index in [4.69, 9.17) is 10.5 Å². The van der Waals surface area contributed by atoms with E-state index >= 15 is 0 Å². The number of benzene rings is 1. The molecule has 0 aliphatic carbocycles. The van der Waals surface area contributed by atoms with Crippen LogP contribution in [0.5, 0.6) is 11.5 Å². The molecule has 0 unspecified atom stereocenters. The third-order valence-electron chi connectivity index (χ3n) is 2.91. The molecular weight excluding hydrogens is 218 g/mol. The summed E-state index contributed by atoms with van der Waals surface area (Å²) in [6.45, 7) is 1.52. The molecule has 0 bridgehead atoms. The molecule has 0 aromatic heterocycles. The van der Waals surface area contributed by atoms with Crippen molar-refractivity contribution >= 4 is 5.69 Å². The van der Waals surface area contributed by atoms with Crippen LogP contribution in [0.2, 0.25) is 0 Å². The Bertz CT molecular complexity index is 534. The molecular formula is C12H11N3O2. The van der Waals surface area contributed by atoms with E-state index in [1.165, 1.54) is 6.07 Å². The van der Waals surface area contributed by atoms with E-state index in [-0.39, 0.29) is 11.1 Å². The van der Waals surface area contributed by atoms with Gasteiger partial charge in [-0.3, -0.25) is 0 Å². The zero-order valence-corrected chi connectivity index (χ0v) is 9.14. The van der Waals surface area contributed by atoms with Crippen LogP contribution in [0.15, 0.2) is 6.07 Å². The van der Waals surface area contributed by atoms with Crippen LogP contribution in [0.25, 0.3) is 0 Å². The molecule has 1 aromatic carbocycles. The maximum atomic E-state index is 9.65. The fraction of sp³-hybridized carbons (Fsp3) is 0.333. The molecule has 0 spiro atoms. The number of phenolic OH excluding ortho intramolecular Hbond substituents is 2. The van der Waals surface area contributed by atoms with Gasteiger partial charge in [-0.25, -0.2) is 0 Å². The van der Waals surface area contributed by atoms with Crippen molar-refractivity contribution < 1.29 is 10.2 Å². The van der Waals surface area contributed by atoms with Crippen LogP contribution in [0, 0.1) is 22.7 Å². The van der Waals surface area contributed by atoms with Gasteiger partial charge in [0, 0.05) is 19.2 Å². The second-order valence-electron chi connectivity index (χ2n) is 3.93. The Hall–Kier alpha value is -2.40. The van der Waals surface area contributed by atoms with Gasteiger partial charge < -0.3 is 15.1 Å². The third-order valence-corrected chi connectivity index (χ3v) is 2.91. The minimum atomic E-state index is -0.451. The summed E-state index contributed by atoms with van der Waals surface area (Å²) in [5.41, 5.74) is 0.630. The van der Waals surface area contributed by atoms with Crippen molar-refractivity contribution in [2.75, 3.05) is 18.0 Å². The minimum Gasteiger partial charge on any atom is -0.504 e. The molecule has 1 fully saturated rings. The Morgan fingerprint density at radius 3 is 2.29 bits per heavy atom. The molecule has 1 aliphatic rings. The fourth-order valence-corrected chi connectivity index (χ4v) is 2.11. The predicted octanol–water partition coefficient (Wildman–Crippen LogP) is 1.44. The summed E-state index contributed by atoms with van der Waals surface area (Å²) < 4.78 is 0. The van der Waals surface area contributed by atoms with Crippen LogP contribution >= 0.6 is 0 Å². The van der Waals surface area contributed by atoms with Gasteiger partial charge in [0.25, 0.3) is 0 Å². The standard InChI is InChI=1S/C12H11N3O2/c13-6-8-5-10(16)12(17)9(7-14)11(8)15-3-1-2-4-15/h5,16-17H,1-4H2. The number of nitrogens with zero attached hydrogens (tertiary/aromatic N) is 3. The Labute approximate surface area is 98.7 Å². The van der Waals surface area contributed by atoms with E-state index in [2.05, 4.69) is 0 Å². The quantitative estimate of drug-likeness (QED) is 0.711. The highest BCUT2D eigenvalue weighted by molar-refractivity contribution is 5.75. The second-order valence-corrected chi connectivity index (χ2v) is 3.93. The summed E-state index contributed by atoms with van der Waals surface area (Å²) in [6.07, 6.45) is 1.99. The second kappa shape index (κ2) is 4.23. The molecule has 0 amide bonds. The molecule has 17 heavy (non-hydrogen) atoms. The first kappa shape index (κ1) is 11.1. The molecule has 2 N–H and O–H groups in total. The molecule has 1 saturated heterocycles. The molecule has 2 rings (SSSR count). The Morgan fingerprint density at radius 2 is 1.76 bits per heavy atom. The number of rotatable bonds is 1.